The number of amides is 1. The van der Waals surface area contributed by atoms with Gasteiger partial charge >= 0.3 is 0 Å². The van der Waals surface area contributed by atoms with E-state index < -0.39 is 0 Å². The monoisotopic (exact) mass is 269 g/mol. The van der Waals surface area contributed by atoms with Crippen LogP contribution in [0.5, 0.6) is 0 Å². The van der Waals surface area contributed by atoms with Gasteiger partial charge in [0, 0.05) is 31.6 Å². The minimum absolute atomic E-state index is 0.178. The van der Waals surface area contributed by atoms with Crippen molar-refractivity contribution in [2.45, 2.75) is 59.0 Å². The van der Waals surface area contributed by atoms with Crippen molar-refractivity contribution in [2.75, 3.05) is 26.2 Å². The highest BCUT2D eigenvalue weighted by atomic mass is 16.1. The van der Waals surface area contributed by atoms with Crippen molar-refractivity contribution in [1.82, 2.24) is 15.5 Å². The van der Waals surface area contributed by atoms with Crippen LogP contribution >= 0.6 is 0 Å². The molecular formula is C15H31N3O. The van der Waals surface area contributed by atoms with Crippen molar-refractivity contribution in [2.24, 2.45) is 5.92 Å². The van der Waals surface area contributed by atoms with Gasteiger partial charge in [0.25, 0.3) is 0 Å². The van der Waals surface area contributed by atoms with Gasteiger partial charge in [-0.25, -0.2) is 0 Å². The van der Waals surface area contributed by atoms with E-state index in [1.165, 1.54) is 12.8 Å². The first-order valence-corrected chi connectivity index (χ1v) is 7.78. The molecule has 0 spiro atoms. The van der Waals surface area contributed by atoms with Crippen molar-refractivity contribution in [1.29, 1.82) is 0 Å². The number of nitrogens with zero attached hydrogens (tertiary/aromatic N) is 1. The summed E-state index contributed by atoms with van der Waals surface area (Å²) in [6.45, 7) is 12.7. The van der Waals surface area contributed by atoms with E-state index in [1.807, 2.05) is 13.8 Å². The van der Waals surface area contributed by atoms with Gasteiger partial charge < -0.3 is 15.5 Å². The van der Waals surface area contributed by atoms with Gasteiger partial charge in [-0.05, 0) is 52.6 Å². The van der Waals surface area contributed by atoms with Crippen LogP contribution in [0.25, 0.3) is 0 Å². The fourth-order valence-corrected chi connectivity index (χ4v) is 2.84. The number of likely N-dealkylation sites (tertiary alicyclic amines) is 1. The molecule has 0 bridgehead atoms. The molecule has 0 aliphatic carbocycles. The summed E-state index contributed by atoms with van der Waals surface area (Å²) in [5.41, 5.74) is 0. The largest absolute Gasteiger partial charge is 0.354 e. The lowest BCUT2D eigenvalue weighted by atomic mass is 9.91. The zero-order valence-corrected chi connectivity index (χ0v) is 13.0. The lowest BCUT2D eigenvalue weighted by molar-refractivity contribution is -0.122. The van der Waals surface area contributed by atoms with Crippen molar-refractivity contribution in [3.05, 3.63) is 0 Å². The van der Waals surface area contributed by atoms with Gasteiger partial charge in [-0.15, -0.1) is 0 Å². The fraction of sp³-hybridized carbons (Fsp3) is 0.933. The zero-order valence-electron chi connectivity index (χ0n) is 13.0. The second kappa shape index (κ2) is 8.54. The predicted octanol–water partition coefficient (Wildman–Crippen LogP) is 1.61. The minimum atomic E-state index is 0.178. The molecule has 112 valence electrons. The van der Waals surface area contributed by atoms with Crippen LogP contribution in [-0.2, 0) is 4.79 Å². The number of carbonyl (C=O) groups excluding carboxylic acids is 1. The molecule has 0 saturated carbocycles. The number of hydrogen-bond donors (Lipinski definition) is 2. The number of piperidine rings is 1. The summed E-state index contributed by atoms with van der Waals surface area (Å²) in [6, 6.07) is 0.827. The molecule has 0 aromatic heterocycles. The smallest absolute Gasteiger partial charge is 0.221 e. The van der Waals surface area contributed by atoms with Gasteiger partial charge in [-0.1, -0.05) is 6.92 Å². The first kappa shape index (κ1) is 16.4. The van der Waals surface area contributed by atoms with E-state index in [-0.39, 0.29) is 11.9 Å². The number of hydrogen-bond acceptors (Lipinski definition) is 3. The topological polar surface area (TPSA) is 44.4 Å². The molecule has 4 heteroatoms. The normalized spacial score (nSPS) is 22.5. The SMILES string of the molecule is CCNC(C)C1CCCN(CCC(=O)NC(C)C)C1. The van der Waals surface area contributed by atoms with E-state index >= 15 is 0 Å². The molecule has 0 aromatic carbocycles. The predicted molar refractivity (Wildman–Crippen MR) is 80.2 cm³/mol. The van der Waals surface area contributed by atoms with Crippen molar-refractivity contribution < 1.29 is 4.79 Å². The molecule has 1 saturated heterocycles. The van der Waals surface area contributed by atoms with Crippen molar-refractivity contribution >= 4 is 5.91 Å². The molecule has 1 aliphatic heterocycles. The van der Waals surface area contributed by atoms with E-state index in [4.69, 9.17) is 0 Å². The highest BCUT2D eigenvalue weighted by Crippen LogP contribution is 2.19. The van der Waals surface area contributed by atoms with E-state index in [9.17, 15) is 4.79 Å². The first-order valence-electron chi connectivity index (χ1n) is 7.78. The molecule has 2 unspecified atom stereocenters. The Morgan fingerprint density at radius 2 is 2.11 bits per heavy atom. The van der Waals surface area contributed by atoms with Crippen LogP contribution in [0.4, 0.5) is 0 Å². The molecule has 1 fully saturated rings. The van der Waals surface area contributed by atoms with Crippen LogP contribution in [0.2, 0.25) is 0 Å². The lowest BCUT2D eigenvalue weighted by Gasteiger charge is -2.36. The minimum Gasteiger partial charge on any atom is -0.354 e. The van der Waals surface area contributed by atoms with E-state index in [2.05, 4.69) is 29.4 Å². The quantitative estimate of drug-likeness (QED) is 0.738. The summed E-state index contributed by atoms with van der Waals surface area (Å²) in [5, 5.41) is 6.48. The van der Waals surface area contributed by atoms with Crippen molar-refractivity contribution in [3.63, 3.8) is 0 Å². The third-order valence-electron chi connectivity index (χ3n) is 3.88. The summed E-state index contributed by atoms with van der Waals surface area (Å²) >= 11 is 0. The van der Waals surface area contributed by atoms with Crippen LogP contribution in [0.3, 0.4) is 0 Å². The summed E-state index contributed by atoms with van der Waals surface area (Å²) in [6.07, 6.45) is 3.19. The van der Waals surface area contributed by atoms with Gasteiger partial charge in [0.2, 0.25) is 5.91 Å². The Labute approximate surface area is 118 Å². The van der Waals surface area contributed by atoms with Crippen LogP contribution in [0.1, 0.15) is 47.0 Å². The molecule has 1 amide bonds. The third-order valence-corrected chi connectivity index (χ3v) is 3.88. The Bertz CT molecular complexity index is 268. The number of nitrogens with one attached hydrogen (secondary N) is 2. The Morgan fingerprint density at radius 1 is 1.37 bits per heavy atom. The molecule has 0 radical (unpaired) electrons. The van der Waals surface area contributed by atoms with Gasteiger partial charge in [0.1, 0.15) is 0 Å². The lowest BCUT2D eigenvalue weighted by Crippen LogP contribution is -2.45. The summed E-state index contributed by atoms with van der Waals surface area (Å²) in [4.78, 5) is 14.1. The second-order valence-electron chi connectivity index (χ2n) is 6.02. The number of carbonyl (C=O) groups is 1. The second-order valence-corrected chi connectivity index (χ2v) is 6.02. The van der Waals surface area contributed by atoms with Crippen LogP contribution in [-0.4, -0.2) is 49.1 Å². The molecule has 1 rings (SSSR count). The maximum atomic E-state index is 11.7. The van der Waals surface area contributed by atoms with Crippen LogP contribution in [0.15, 0.2) is 0 Å². The maximum absolute atomic E-state index is 11.7. The average Bonchev–Trinajstić information content (AvgIpc) is 2.36. The maximum Gasteiger partial charge on any atom is 0.221 e. The third kappa shape index (κ3) is 6.39. The molecule has 1 aliphatic rings. The Kier molecular flexibility index (Phi) is 7.39. The molecule has 1 heterocycles. The van der Waals surface area contributed by atoms with Gasteiger partial charge in [0.15, 0.2) is 0 Å². The standard InChI is InChI=1S/C15H31N3O/c1-5-16-13(4)14-7-6-9-18(11-14)10-8-15(19)17-12(2)3/h12-14,16H,5-11H2,1-4H3,(H,17,19). The van der Waals surface area contributed by atoms with Gasteiger partial charge in [0.05, 0.1) is 0 Å². The molecular weight excluding hydrogens is 238 g/mol. The van der Waals surface area contributed by atoms with Crippen LogP contribution < -0.4 is 10.6 Å². The molecule has 2 atom stereocenters. The number of rotatable bonds is 7. The molecule has 19 heavy (non-hydrogen) atoms. The summed E-state index contributed by atoms with van der Waals surface area (Å²) in [5.74, 6) is 0.902. The molecule has 4 nitrogen and oxygen atoms in total. The zero-order chi connectivity index (χ0) is 14.3. The highest BCUT2D eigenvalue weighted by Gasteiger charge is 2.24. The Hall–Kier alpha value is -0.610. The molecule has 0 aromatic rings. The van der Waals surface area contributed by atoms with E-state index in [0.29, 0.717) is 12.5 Å². The average molecular weight is 269 g/mol. The van der Waals surface area contributed by atoms with Gasteiger partial charge in [-0.2, -0.15) is 0 Å². The molecule has 2 N–H and O–H groups in total. The van der Waals surface area contributed by atoms with Crippen LogP contribution in [0, 0.1) is 5.92 Å². The first-order chi connectivity index (χ1) is 9.02. The fourth-order valence-electron chi connectivity index (χ4n) is 2.84. The van der Waals surface area contributed by atoms with Crippen molar-refractivity contribution in [3.8, 4) is 0 Å². The summed E-state index contributed by atoms with van der Waals surface area (Å²) in [7, 11) is 0. The highest BCUT2D eigenvalue weighted by molar-refractivity contribution is 5.76. The van der Waals surface area contributed by atoms with Gasteiger partial charge in [-0.3, -0.25) is 4.79 Å². The van der Waals surface area contributed by atoms with E-state index in [1.54, 1.807) is 0 Å². The Balaban J connectivity index is 2.28. The van der Waals surface area contributed by atoms with E-state index in [0.717, 1.165) is 32.1 Å². The summed E-state index contributed by atoms with van der Waals surface area (Å²) < 4.78 is 0. The Morgan fingerprint density at radius 3 is 2.74 bits per heavy atom.